The zero-order chi connectivity index (χ0) is 22.0. The standard InChI is InChI=1S/C23H24F3NO3/c1-2-30-22(29)19(16-27-15-9-8-12-17-10-4-3-5-11-17)21(28)18-13-6-7-14-20(18)23(24,25)26/h3-7,10-11,13-14,16,27H,2,8-9,12,15H2,1H3. The second-order valence-corrected chi connectivity index (χ2v) is 6.55. The third kappa shape index (κ3) is 6.76. The highest BCUT2D eigenvalue weighted by molar-refractivity contribution is 6.24. The number of hydrogen-bond donors (Lipinski definition) is 1. The zero-order valence-corrected chi connectivity index (χ0v) is 16.7. The number of ketones is 1. The number of unbranched alkanes of at least 4 members (excludes halogenated alkanes) is 1. The molecule has 2 aromatic carbocycles. The number of halogens is 3. The van der Waals surface area contributed by atoms with Crippen LogP contribution in [0.4, 0.5) is 13.2 Å². The van der Waals surface area contributed by atoms with Crippen molar-refractivity contribution in [1.82, 2.24) is 5.32 Å². The third-order valence-electron chi connectivity index (χ3n) is 4.34. The number of carbonyl (C=O) groups is 2. The van der Waals surface area contributed by atoms with Crippen molar-refractivity contribution in [2.75, 3.05) is 13.2 Å². The summed E-state index contributed by atoms with van der Waals surface area (Å²) in [7, 11) is 0. The van der Waals surface area contributed by atoms with Gasteiger partial charge in [0.15, 0.2) is 0 Å². The van der Waals surface area contributed by atoms with E-state index in [9.17, 15) is 22.8 Å². The zero-order valence-electron chi connectivity index (χ0n) is 16.7. The van der Waals surface area contributed by atoms with E-state index >= 15 is 0 Å². The maximum atomic E-state index is 13.2. The van der Waals surface area contributed by atoms with Crippen molar-refractivity contribution in [1.29, 1.82) is 0 Å². The molecule has 4 nitrogen and oxygen atoms in total. The molecule has 0 aliphatic carbocycles. The normalized spacial score (nSPS) is 11.8. The number of hydrogen-bond acceptors (Lipinski definition) is 4. The van der Waals surface area contributed by atoms with Gasteiger partial charge in [-0.2, -0.15) is 13.2 Å². The molecule has 0 aliphatic rings. The van der Waals surface area contributed by atoms with E-state index in [-0.39, 0.29) is 6.61 Å². The summed E-state index contributed by atoms with van der Waals surface area (Å²) in [5.41, 5.74) is -0.931. The minimum absolute atomic E-state index is 0.00144. The number of carbonyl (C=O) groups excluding carboxylic acids is 2. The highest BCUT2D eigenvalue weighted by Gasteiger charge is 2.36. The molecule has 0 unspecified atom stereocenters. The number of alkyl halides is 3. The van der Waals surface area contributed by atoms with Gasteiger partial charge >= 0.3 is 12.1 Å². The van der Waals surface area contributed by atoms with Crippen LogP contribution in [-0.4, -0.2) is 24.9 Å². The van der Waals surface area contributed by atoms with E-state index in [1.807, 2.05) is 30.3 Å². The maximum Gasteiger partial charge on any atom is 0.417 e. The van der Waals surface area contributed by atoms with Crippen LogP contribution in [0, 0.1) is 0 Å². The lowest BCUT2D eigenvalue weighted by Crippen LogP contribution is -2.22. The molecule has 7 heteroatoms. The minimum Gasteiger partial charge on any atom is -0.462 e. The van der Waals surface area contributed by atoms with Crippen molar-refractivity contribution in [2.45, 2.75) is 32.4 Å². The van der Waals surface area contributed by atoms with Gasteiger partial charge in [-0.3, -0.25) is 4.79 Å². The van der Waals surface area contributed by atoms with Gasteiger partial charge < -0.3 is 10.1 Å². The van der Waals surface area contributed by atoms with E-state index in [0.717, 1.165) is 37.6 Å². The Hall–Kier alpha value is -3.09. The Morgan fingerprint density at radius 1 is 1.00 bits per heavy atom. The molecule has 0 saturated heterocycles. The Labute approximate surface area is 173 Å². The number of ether oxygens (including phenoxy) is 1. The highest BCUT2D eigenvalue weighted by Crippen LogP contribution is 2.32. The smallest absolute Gasteiger partial charge is 0.417 e. The number of Topliss-reactive ketones (excluding diaryl/α,β-unsaturated/α-hetero) is 1. The maximum absolute atomic E-state index is 13.2. The van der Waals surface area contributed by atoms with E-state index < -0.39 is 34.6 Å². The van der Waals surface area contributed by atoms with Gasteiger partial charge in [-0.25, -0.2) is 4.79 Å². The summed E-state index contributed by atoms with van der Waals surface area (Å²) in [6.45, 7) is 2.02. The number of esters is 1. The van der Waals surface area contributed by atoms with E-state index in [0.29, 0.717) is 6.54 Å². The number of benzene rings is 2. The first-order valence-electron chi connectivity index (χ1n) is 9.70. The van der Waals surface area contributed by atoms with Crippen molar-refractivity contribution in [2.24, 2.45) is 0 Å². The first-order chi connectivity index (χ1) is 14.3. The SMILES string of the molecule is CCOC(=O)C(=CNCCCCc1ccccc1)C(=O)c1ccccc1C(F)(F)F. The molecule has 2 aromatic rings. The van der Waals surface area contributed by atoms with Crippen molar-refractivity contribution in [3.63, 3.8) is 0 Å². The van der Waals surface area contributed by atoms with E-state index in [1.165, 1.54) is 17.7 Å². The summed E-state index contributed by atoms with van der Waals surface area (Å²) in [6, 6.07) is 14.3. The molecular weight excluding hydrogens is 395 g/mol. The number of nitrogens with one attached hydrogen (secondary N) is 1. The molecule has 30 heavy (non-hydrogen) atoms. The van der Waals surface area contributed by atoms with Crippen LogP contribution in [0.15, 0.2) is 66.4 Å². The van der Waals surface area contributed by atoms with Crippen LogP contribution >= 0.6 is 0 Å². The van der Waals surface area contributed by atoms with Crippen LogP contribution in [0.2, 0.25) is 0 Å². The summed E-state index contributed by atoms with van der Waals surface area (Å²) in [4.78, 5) is 24.9. The molecule has 0 amide bonds. The Balaban J connectivity index is 2.07. The monoisotopic (exact) mass is 419 g/mol. The molecule has 0 spiro atoms. The van der Waals surface area contributed by atoms with Crippen molar-refractivity contribution in [3.05, 3.63) is 83.1 Å². The summed E-state index contributed by atoms with van der Waals surface area (Å²) >= 11 is 0. The summed E-state index contributed by atoms with van der Waals surface area (Å²) in [6.07, 6.45) is -1.04. The van der Waals surface area contributed by atoms with Gasteiger partial charge in [0.1, 0.15) is 5.57 Å². The van der Waals surface area contributed by atoms with E-state index in [4.69, 9.17) is 4.74 Å². The van der Waals surface area contributed by atoms with Crippen molar-refractivity contribution >= 4 is 11.8 Å². The third-order valence-corrected chi connectivity index (χ3v) is 4.34. The Morgan fingerprint density at radius 2 is 1.67 bits per heavy atom. The predicted molar refractivity (Wildman–Crippen MR) is 108 cm³/mol. The molecule has 0 aromatic heterocycles. The molecular formula is C23H24F3NO3. The van der Waals surface area contributed by atoms with Crippen LogP contribution in [-0.2, 0) is 22.1 Å². The quantitative estimate of drug-likeness (QED) is 0.148. The predicted octanol–water partition coefficient (Wildman–Crippen LogP) is 4.95. The molecule has 0 fully saturated rings. The fraction of sp³-hybridized carbons (Fsp3) is 0.304. The fourth-order valence-corrected chi connectivity index (χ4v) is 2.87. The Bertz CT molecular complexity index is 877. The summed E-state index contributed by atoms with van der Waals surface area (Å²) in [5, 5.41) is 2.85. The minimum atomic E-state index is -4.71. The second kappa shape index (κ2) is 11.2. The topological polar surface area (TPSA) is 55.4 Å². The molecule has 0 bridgehead atoms. The molecule has 0 saturated carbocycles. The van der Waals surface area contributed by atoms with Gasteiger partial charge in [0.2, 0.25) is 5.78 Å². The van der Waals surface area contributed by atoms with Crippen LogP contribution in [0.1, 0.15) is 41.3 Å². The van der Waals surface area contributed by atoms with Gasteiger partial charge in [-0.15, -0.1) is 0 Å². The molecule has 0 heterocycles. The van der Waals surface area contributed by atoms with Gasteiger partial charge in [0, 0.05) is 18.3 Å². The lowest BCUT2D eigenvalue weighted by molar-refractivity contribution is -0.139. The number of rotatable bonds is 10. The first-order valence-corrected chi connectivity index (χ1v) is 9.70. The molecule has 160 valence electrons. The molecule has 0 aliphatic heterocycles. The summed E-state index contributed by atoms with van der Waals surface area (Å²) < 4.78 is 44.6. The van der Waals surface area contributed by atoms with E-state index in [1.54, 1.807) is 6.92 Å². The van der Waals surface area contributed by atoms with Gasteiger partial charge in [-0.1, -0.05) is 48.5 Å². The van der Waals surface area contributed by atoms with Crippen molar-refractivity contribution in [3.8, 4) is 0 Å². The van der Waals surface area contributed by atoms with Crippen molar-refractivity contribution < 1.29 is 27.5 Å². The van der Waals surface area contributed by atoms with Crippen LogP contribution in [0.25, 0.3) is 0 Å². The Kier molecular flexibility index (Phi) is 8.65. The van der Waals surface area contributed by atoms with E-state index in [2.05, 4.69) is 5.32 Å². The molecule has 0 radical (unpaired) electrons. The lowest BCUT2D eigenvalue weighted by atomic mass is 9.98. The van der Waals surface area contributed by atoms with Gasteiger partial charge in [0.25, 0.3) is 0 Å². The lowest BCUT2D eigenvalue weighted by Gasteiger charge is -2.13. The molecule has 2 rings (SSSR count). The van der Waals surface area contributed by atoms with Gasteiger partial charge in [0.05, 0.1) is 12.2 Å². The summed E-state index contributed by atoms with van der Waals surface area (Å²) in [5.74, 6) is -1.99. The largest absolute Gasteiger partial charge is 0.462 e. The fourth-order valence-electron chi connectivity index (χ4n) is 2.87. The second-order valence-electron chi connectivity index (χ2n) is 6.55. The first kappa shape index (κ1) is 23.2. The van der Waals surface area contributed by atoms with Gasteiger partial charge in [-0.05, 0) is 37.8 Å². The van der Waals surface area contributed by atoms with Crippen LogP contribution in [0.3, 0.4) is 0 Å². The molecule has 1 N–H and O–H groups in total. The average Bonchev–Trinajstić information content (AvgIpc) is 2.73. The van der Waals surface area contributed by atoms with Crippen LogP contribution < -0.4 is 5.32 Å². The highest BCUT2D eigenvalue weighted by atomic mass is 19.4. The average molecular weight is 419 g/mol. The van der Waals surface area contributed by atoms with Crippen LogP contribution in [0.5, 0.6) is 0 Å². The Morgan fingerprint density at radius 3 is 2.33 bits per heavy atom. The number of aryl methyl sites for hydroxylation is 1. The molecule has 0 atom stereocenters.